The number of nitrogens with one attached hydrogen (secondary N) is 1. The molecule has 0 bridgehead atoms. The number of alkyl halides is 2. The van der Waals surface area contributed by atoms with Crippen LogP contribution in [0.4, 0.5) is 19.3 Å². The second kappa shape index (κ2) is 7.56. The summed E-state index contributed by atoms with van der Waals surface area (Å²) < 4.78 is 35.1. The first-order valence-corrected chi connectivity index (χ1v) is 8.72. The van der Waals surface area contributed by atoms with Crippen LogP contribution in [0.5, 0.6) is 11.5 Å². The Balaban J connectivity index is 1.24. The van der Waals surface area contributed by atoms with Crippen molar-refractivity contribution in [3.8, 4) is 11.5 Å². The predicted molar refractivity (Wildman–Crippen MR) is 93.8 cm³/mol. The van der Waals surface area contributed by atoms with E-state index in [1.807, 2.05) is 0 Å². The summed E-state index contributed by atoms with van der Waals surface area (Å²) in [5.74, 6) is 0.0724. The lowest BCUT2D eigenvalue weighted by atomic mass is 10.2. The average Bonchev–Trinajstić information content (AvgIpc) is 2.97. The Morgan fingerprint density at radius 1 is 1.18 bits per heavy atom. The van der Waals surface area contributed by atoms with E-state index < -0.39 is 12.4 Å². The Morgan fingerprint density at radius 2 is 1.96 bits per heavy atom. The van der Waals surface area contributed by atoms with Crippen molar-refractivity contribution in [3.63, 3.8) is 0 Å². The summed E-state index contributed by atoms with van der Waals surface area (Å²) in [5.41, 5.74) is 1.39. The van der Waals surface area contributed by atoms with Crippen LogP contribution in [0, 0.1) is 0 Å². The zero-order valence-corrected chi connectivity index (χ0v) is 14.8. The van der Waals surface area contributed by atoms with Gasteiger partial charge in [-0.15, -0.1) is 13.8 Å². The van der Waals surface area contributed by atoms with Gasteiger partial charge in [-0.3, -0.25) is 15.2 Å². The van der Waals surface area contributed by atoms with Crippen molar-refractivity contribution >= 4 is 11.8 Å². The highest BCUT2D eigenvalue weighted by molar-refractivity contribution is 5.83. The number of carbonyl (C=O) groups is 1. The molecule has 1 N–H and O–H groups in total. The van der Waals surface area contributed by atoms with Gasteiger partial charge in [-0.2, -0.15) is 0 Å². The molecule has 0 atom stereocenters. The van der Waals surface area contributed by atoms with Gasteiger partial charge in [-0.25, -0.2) is 4.79 Å². The predicted octanol–water partition coefficient (Wildman–Crippen LogP) is 2.68. The molecule has 2 aliphatic rings. The molecule has 10 heteroatoms. The first-order chi connectivity index (χ1) is 13.5. The average molecular weight is 392 g/mol. The number of ether oxygens (including phenoxy) is 2. The number of anilines is 1. The maximum absolute atomic E-state index is 13.1. The largest absolute Gasteiger partial charge is 0.586 e. The number of amides is 1. The molecular weight excluding hydrogens is 374 g/mol. The van der Waals surface area contributed by atoms with Gasteiger partial charge >= 0.3 is 12.4 Å². The van der Waals surface area contributed by atoms with Gasteiger partial charge in [0.2, 0.25) is 0 Å². The number of hydrogen-bond donors (Lipinski definition) is 1. The molecule has 8 nitrogen and oxygen atoms in total. The Hall–Kier alpha value is -2.98. The number of halogens is 2. The minimum absolute atomic E-state index is 0.0339. The smallest absolute Gasteiger partial charge is 0.395 e. The van der Waals surface area contributed by atoms with E-state index in [1.54, 1.807) is 35.5 Å². The maximum atomic E-state index is 13.1. The van der Waals surface area contributed by atoms with E-state index >= 15 is 0 Å². The van der Waals surface area contributed by atoms with Gasteiger partial charge < -0.3 is 14.3 Å². The van der Waals surface area contributed by atoms with Gasteiger partial charge in [0.05, 0.1) is 11.9 Å². The molecule has 1 aromatic carbocycles. The summed E-state index contributed by atoms with van der Waals surface area (Å²) in [6.07, 6.45) is -1.04. The highest BCUT2D eigenvalue weighted by Crippen LogP contribution is 2.41. The van der Waals surface area contributed by atoms with E-state index in [1.165, 1.54) is 12.3 Å². The summed E-state index contributed by atoms with van der Waals surface area (Å²) in [7, 11) is 0. The van der Waals surface area contributed by atoms with Crippen LogP contribution in [-0.4, -0.2) is 53.5 Å². The molecule has 0 radical (unpaired) electrons. The third-order valence-corrected chi connectivity index (χ3v) is 4.32. The number of carbonyl (C=O) groups excluding carboxylic acids is 1. The molecule has 28 heavy (non-hydrogen) atoms. The number of benzene rings is 1. The van der Waals surface area contributed by atoms with Crippen molar-refractivity contribution in [3.05, 3.63) is 48.3 Å². The molecule has 1 amide bonds. The third kappa shape index (κ3) is 4.46. The lowest BCUT2D eigenvalue weighted by Gasteiger charge is -2.33. The molecule has 4 rings (SSSR count). The fourth-order valence-electron chi connectivity index (χ4n) is 3.02. The van der Waals surface area contributed by atoms with Crippen molar-refractivity contribution in [2.45, 2.75) is 12.8 Å². The molecule has 2 aromatic rings. The SMILES string of the molecule is O=C(Nc1cccnc1)ON1CCN(Cc2ccc3c(c2)OC(F)(F)O3)CC1. The van der Waals surface area contributed by atoms with E-state index in [-0.39, 0.29) is 11.5 Å². The molecule has 1 fully saturated rings. The molecule has 2 aliphatic heterocycles. The van der Waals surface area contributed by atoms with E-state index in [4.69, 9.17) is 4.84 Å². The number of hydrogen-bond acceptors (Lipinski definition) is 7. The second-order valence-electron chi connectivity index (χ2n) is 6.40. The van der Waals surface area contributed by atoms with Crippen LogP contribution in [0.15, 0.2) is 42.7 Å². The molecule has 0 aliphatic carbocycles. The van der Waals surface area contributed by atoms with Crippen LogP contribution >= 0.6 is 0 Å². The van der Waals surface area contributed by atoms with E-state index in [0.717, 1.165) is 5.56 Å². The van der Waals surface area contributed by atoms with Crippen molar-refractivity contribution in [1.29, 1.82) is 0 Å². The first-order valence-electron chi connectivity index (χ1n) is 8.72. The minimum Gasteiger partial charge on any atom is -0.395 e. The number of rotatable bonds is 4. The van der Waals surface area contributed by atoms with Gasteiger partial charge in [0.1, 0.15) is 0 Å². The van der Waals surface area contributed by atoms with Crippen molar-refractivity contribution in [1.82, 2.24) is 14.9 Å². The minimum atomic E-state index is -3.61. The molecular formula is C18H18F2N4O4. The van der Waals surface area contributed by atoms with Crippen LogP contribution in [0.3, 0.4) is 0 Å². The second-order valence-corrected chi connectivity index (χ2v) is 6.40. The number of fused-ring (bicyclic) bond motifs is 1. The molecule has 0 saturated carbocycles. The summed E-state index contributed by atoms with van der Waals surface area (Å²) in [6, 6.07) is 8.20. The summed E-state index contributed by atoms with van der Waals surface area (Å²) in [5, 5.41) is 4.19. The number of pyridine rings is 1. The van der Waals surface area contributed by atoms with Crippen molar-refractivity contribution in [2.75, 3.05) is 31.5 Å². The van der Waals surface area contributed by atoms with Crippen LogP contribution in [0.2, 0.25) is 0 Å². The monoisotopic (exact) mass is 392 g/mol. The molecule has 1 aromatic heterocycles. The summed E-state index contributed by atoms with van der Waals surface area (Å²) in [4.78, 5) is 23.2. The van der Waals surface area contributed by atoms with Gasteiger partial charge in [-0.1, -0.05) is 6.07 Å². The third-order valence-electron chi connectivity index (χ3n) is 4.32. The Labute approximate surface area is 159 Å². The first kappa shape index (κ1) is 18.4. The fraction of sp³-hybridized carbons (Fsp3) is 0.333. The van der Waals surface area contributed by atoms with Crippen molar-refractivity contribution in [2.24, 2.45) is 0 Å². The lowest BCUT2D eigenvalue weighted by Crippen LogP contribution is -2.46. The van der Waals surface area contributed by atoms with E-state index in [9.17, 15) is 13.6 Å². The molecule has 1 saturated heterocycles. The number of nitrogens with zero attached hydrogens (tertiary/aromatic N) is 3. The number of hydroxylamine groups is 2. The highest BCUT2D eigenvalue weighted by Gasteiger charge is 2.43. The summed E-state index contributed by atoms with van der Waals surface area (Å²) in [6.45, 7) is 2.94. The van der Waals surface area contributed by atoms with Crippen LogP contribution in [-0.2, 0) is 11.4 Å². The highest BCUT2D eigenvalue weighted by atomic mass is 19.3. The topological polar surface area (TPSA) is 76.2 Å². The van der Waals surface area contributed by atoms with Gasteiger partial charge in [0.15, 0.2) is 11.5 Å². The van der Waals surface area contributed by atoms with E-state index in [0.29, 0.717) is 38.4 Å². The zero-order valence-electron chi connectivity index (χ0n) is 14.8. The molecule has 148 valence electrons. The normalized spacial score (nSPS) is 18.6. The summed E-state index contributed by atoms with van der Waals surface area (Å²) >= 11 is 0. The lowest BCUT2D eigenvalue weighted by molar-refractivity contribution is -0.286. The maximum Gasteiger partial charge on any atom is 0.586 e. The molecule has 3 heterocycles. The molecule has 0 spiro atoms. The van der Waals surface area contributed by atoms with E-state index in [2.05, 4.69) is 24.7 Å². The number of aromatic nitrogens is 1. The molecule has 0 unspecified atom stereocenters. The van der Waals surface area contributed by atoms with Gasteiger partial charge in [0, 0.05) is 38.9 Å². The Morgan fingerprint density at radius 3 is 2.71 bits per heavy atom. The van der Waals surface area contributed by atoms with Crippen molar-refractivity contribution < 1.29 is 27.9 Å². The van der Waals surface area contributed by atoms with Gasteiger partial charge in [0.25, 0.3) is 0 Å². The Bertz CT molecular complexity index is 845. The standard InChI is InChI=1S/C18H18F2N4O4/c19-18(20)26-15-4-3-13(10-16(15)27-18)12-23-6-8-24(9-7-23)28-17(25)22-14-2-1-5-21-11-14/h1-5,10-11H,6-9,12H2,(H,22,25). The Kier molecular flexibility index (Phi) is 4.97. The van der Waals surface area contributed by atoms with Crippen LogP contribution < -0.4 is 14.8 Å². The fourth-order valence-corrected chi connectivity index (χ4v) is 3.02. The number of piperazine rings is 1. The zero-order chi connectivity index (χ0) is 19.6. The van der Waals surface area contributed by atoms with Crippen LogP contribution in [0.25, 0.3) is 0 Å². The van der Waals surface area contributed by atoms with Crippen LogP contribution in [0.1, 0.15) is 5.56 Å². The quantitative estimate of drug-likeness (QED) is 0.857. The van der Waals surface area contributed by atoms with Gasteiger partial charge in [-0.05, 0) is 29.8 Å².